The van der Waals surface area contributed by atoms with Crippen LogP contribution in [0.4, 0.5) is 11.4 Å². The number of amides is 2. The molecule has 1 heterocycles. The van der Waals surface area contributed by atoms with E-state index in [0.717, 1.165) is 0 Å². The molecule has 2 amide bonds. The summed E-state index contributed by atoms with van der Waals surface area (Å²) in [4.78, 5) is 25.1. The molecule has 0 saturated heterocycles. The van der Waals surface area contributed by atoms with Gasteiger partial charge in [0, 0.05) is 37.0 Å². The normalized spacial score (nSPS) is 11.9. The van der Waals surface area contributed by atoms with Crippen molar-refractivity contribution in [2.45, 2.75) is 6.92 Å². The molecule has 0 unspecified atom stereocenters. The van der Waals surface area contributed by atoms with Crippen LogP contribution in [0.5, 0.6) is 11.5 Å². The standard InChI is InChI=1S/C17H16N2O4/c1-11(20)18-13-5-3-12(4-6-13)17(21)19(2)14-7-8-15-16(9-14)23-10-22-15/h3-9H,10H2,1-2H3,(H,18,20). The van der Waals surface area contributed by atoms with E-state index in [9.17, 15) is 9.59 Å². The van der Waals surface area contributed by atoms with Crippen molar-refractivity contribution in [3.63, 3.8) is 0 Å². The minimum Gasteiger partial charge on any atom is -0.454 e. The highest BCUT2D eigenvalue weighted by atomic mass is 16.7. The lowest BCUT2D eigenvalue weighted by Gasteiger charge is -2.18. The van der Waals surface area contributed by atoms with Crippen LogP contribution in [-0.4, -0.2) is 25.7 Å². The van der Waals surface area contributed by atoms with Crippen LogP contribution in [0.15, 0.2) is 42.5 Å². The maximum Gasteiger partial charge on any atom is 0.258 e. The van der Waals surface area contributed by atoms with Crippen molar-refractivity contribution in [3.05, 3.63) is 48.0 Å². The Bertz CT molecular complexity index is 756. The molecule has 0 atom stereocenters. The van der Waals surface area contributed by atoms with Gasteiger partial charge in [0.1, 0.15) is 0 Å². The number of nitrogens with one attached hydrogen (secondary N) is 1. The Labute approximate surface area is 133 Å². The van der Waals surface area contributed by atoms with Crippen LogP contribution < -0.4 is 19.7 Å². The maximum atomic E-state index is 12.5. The van der Waals surface area contributed by atoms with E-state index in [1.807, 2.05) is 0 Å². The molecule has 1 aliphatic rings. The second-order valence-electron chi connectivity index (χ2n) is 5.16. The first-order valence-electron chi connectivity index (χ1n) is 7.10. The Balaban J connectivity index is 1.78. The average Bonchev–Trinajstić information content (AvgIpc) is 3.01. The minimum atomic E-state index is -0.154. The van der Waals surface area contributed by atoms with Gasteiger partial charge in [0.15, 0.2) is 11.5 Å². The van der Waals surface area contributed by atoms with Gasteiger partial charge in [-0.25, -0.2) is 0 Å². The molecule has 0 fully saturated rings. The molecule has 1 N–H and O–H groups in total. The number of hydrogen-bond acceptors (Lipinski definition) is 4. The Kier molecular flexibility index (Phi) is 3.89. The summed E-state index contributed by atoms with van der Waals surface area (Å²) < 4.78 is 10.6. The van der Waals surface area contributed by atoms with Gasteiger partial charge in [0.25, 0.3) is 5.91 Å². The first-order valence-corrected chi connectivity index (χ1v) is 7.10. The highest BCUT2D eigenvalue weighted by molar-refractivity contribution is 6.06. The van der Waals surface area contributed by atoms with Gasteiger partial charge in [-0.1, -0.05) is 0 Å². The van der Waals surface area contributed by atoms with Crippen molar-refractivity contribution in [3.8, 4) is 11.5 Å². The van der Waals surface area contributed by atoms with E-state index >= 15 is 0 Å². The third-order valence-electron chi connectivity index (χ3n) is 3.50. The third-order valence-corrected chi connectivity index (χ3v) is 3.50. The maximum absolute atomic E-state index is 12.5. The zero-order valence-electron chi connectivity index (χ0n) is 12.8. The van der Waals surface area contributed by atoms with Gasteiger partial charge in [-0.3, -0.25) is 9.59 Å². The van der Waals surface area contributed by atoms with Gasteiger partial charge >= 0.3 is 0 Å². The largest absolute Gasteiger partial charge is 0.454 e. The zero-order chi connectivity index (χ0) is 16.4. The molecule has 3 rings (SSSR count). The summed E-state index contributed by atoms with van der Waals surface area (Å²) in [6.07, 6.45) is 0. The minimum absolute atomic E-state index is 0.151. The lowest BCUT2D eigenvalue weighted by atomic mass is 10.1. The van der Waals surface area contributed by atoms with Crippen LogP contribution in [-0.2, 0) is 4.79 Å². The molecule has 0 bridgehead atoms. The summed E-state index contributed by atoms with van der Waals surface area (Å²) in [5.74, 6) is 0.997. The highest BCUT2D eigenvalue weighted by Crippen LogP contribution is 2.35. The van der Waals surface area contributed by atoms with Gasteiger partial charge in [-0.15, -0.1) is 0 Å². The Morgan fingerprint density at radius 1 is 1.04 bits per heavy atom. The smallest absolute Gasteiger partial charge is 0.258 e. The molecule has 6 nitrogen and oxygen atoms in total. The van der Waals surface area contributed by atoms with E-state index in [4.69, 9.17) is 9.47 Å². The lowest BCUT2D eigenvalue weighted by molar-refractivity contribution is -0.114. The summed E-state index contributed by atoms with van der Waals surface area (Å²) in [7, 11) is 1.70. The van der Waals surface area contributed by atoms with Crippen LogP contribution in [0.3, 0.4) is 0 Å². The molecule has 2 aromatic rings. The fraction of sp³-hybridized carbons (Fsp3) is 0.176. The number of carbonyl (C=O) groups is 2. The molecule has 2 aromatic carbocycles. The zero-order valence-corrected chi connectivity index (χ0v) is 12.8. The Morgan fingerprint density at radius 2 is 1.74 bits per heavy atom. The summed E-state index contributed by atoms with van der Waals surface area (Å²) in [5, 5.41) is 2.67. The van der Waals surface area contributed by atoms with Gasteiger partial charge < -0.3 is 19.7 Å². The SMILES string of the molecule is CC(=O)Nc1ccc(C(=O)N(C)c2ccc3c(c2)OCO3)cc1. The summed E-state index contributed by atoms with van der Waals surface area (Å²) in [5.41, 5.74) is 1.89. The summed E-state index contributed by atoms with van der Waals surface area (Å²) in [6.45, 7) is 1.63. The first-order chi connectivity index (χ1) is 11.0. The van der Waals surface area contributed by atoms with Gasteiger partial charge in [-0.2, -0.15) is 0 Å². The van der Waals surface area contributed by atoms with Crippen LogP contribution >= 0.6 is 0 Å². The molecule has 0 radical (unpaired) electrons. The lowest BCUT2D eigenvalue weighted by Crippen LogP contribution is -2.26. The third kappa shape index (κ3) is 3.11. The Morgan fingerprint density at radius 3 is 2.43 bits per heavy atom. The molecule has 0 spiro atoms. The second-order valence-corrected chi connectivity index (χ2v) is 5.16. The molecule has 23 heavy (non-hydrogen) atoms. The first kappa shape index (κ1) is 14.9. The van der Waals surface area contributed by atoms with E-state index in [1.165, 1.54) is 11.8 Å². The topological polar surface area (TPSA) is 67.9 Å². The highest BCUT2D eigenvalue weighted by Gasteiger charge is 2.18. The molecule has 0 aliphatic carbocycles. The van der Waals surface area contributed by atoms with E-state index in [2.05, 4.69) is 5.32 Å². The van der Waals surface area contributed by atoms with Crippen molar-refractivity contribution < 1.29 is 19.1 Å². The van der Waals surface area contributed by atoms with Crippen molar-refractivity contribution in [2.75, 3.05) is 24.1 Å². The number of anilines is 2. The van der Waals surface area contributed by atoms with E-state index < -0.39 is 0 Å². The molecule has 0 saturated carbocycles. The molecule has 1 aliphatic heterocycles. The number of nitrogens with zero attached hydrogens (tertiary/aromatic N) is 1. The number of fused-ring (bicyclic) bond motifs is 1. The van der Waals surface area contributed by atoms with Gasteiger partial charge in [-0.05, 0) is 36.4 Å². The van der Waals surface area contributed by atoms with Crippen molar-refractivity contribution in [2.24, 2.45) is 0 Å². The number of rotatable bonds is 3. The molecule has 6 heteroatoms. The Hall–Kier alpha value is -3.02. The van der Waals surface area contributed by atoms with E-state index in [0.29, 0.717) is 28.4 Å². The number of ether oxygens (including phenoxy) is 2. The molecule has 118 valence electrons. The predicted octanol–water partition coefficient (Wildman–Crippen LogP) is 2.65. The van der Waals surface area contributed by atoms with Gasteiger partial charge in [0.05, 0.1) is 0 Å². The van der Waals surface area contributed by atoms with Gasteiger partial charge in [0.2, 0.25) is 12.7 Å². The van der Waals surface area contributed by atoms with Crippen molar-refractivity contribution in [1.82, 2.24) is 0 Å². The number of carbonyl (C=O) groups excluding carboxylic acids is 2. The quantitative estimate of drug-likeness (QED) is 0.946. The van der Waals surface area contributed by atoms with E-state index in [-0.39, 0.29) is 18.6 Å². The molecule has 0 aromatic heterocycles. The summed E-state index contributed by atoms with van der Waals surface area (Å²) >= 11 is 0. The molecular weight excluding hydrogens is 296 g/mol. The van der Waals surface area contributed by atoms with Crippen molar-refractivity contribution >= 4 is 23.2 Å². The summed E-state index contributed by atoms with van der Waals surface area (Å²) in [6, 6.07) is 12.1. The average molecular weight is 312 g/mol. The van der Waals surface area contributed by atoms with Crippen LogP contribution in [0.2, 0.25) is 0 Å². The van der Waals surface area contributed by atoms with Crippen LogP contribution in [0, 0.1) is 0 Å². The van der Waals surface area contributed by atoms with Crippen LogP contribution in [0.1, 0.15) is 17.3 Å². The number of hydrogen-bond donors (Lipinski definition) is 1. The predicted molar refractivity (Wildman–Crippen MR) is 86.0 cm³/mol. The van der Waals surface area contributed by atoms with Crippen LogP contribution in [0.25, 0.3) is 0 Å². The second kappa shape index (κ2) is 6.00. The molecular formula is C17H16N2O4. The van der Waals surface area contributed by atoms with Crippen molar-refractivity contribution in [1.29, 1.82) is 0 Å². The fourth-order valence-electron chi connectivity index (χ4n) is 2.30. The van der Waals surface area contributed by atoms with E-state index in [1.54, 1.807) is 49.5 Å². The monoisotopic (exact) mass is 312 g/mol. The number of benzene rings is 2. The fourth-order valence-corrected chi connectivity index (χ4v) is 2.30.